The van der Waals surface area contributed by atoms with Gasteiger partial charge in [-0.3, -0.25) is 4.79 Å². The molecule has 0 saturated heterocycles. The maximum absolute atomic E-state index is 13.3. The van der Waals surface area contributed by atoms with E-state index in [1.165, 1.54) is 19.2 Å². The van der Waals surface area contributed by atoms with E-state index in [9.17, 15) is 9.18 Å². The number of rotatable bonds is 5. The molecule has 5 heteroatoms. The van der Waals surface area contributed by atoms with Crippen molar-refractivity contribution in [2.75, 3.05) is 26.0 Å². The Balaban J connectivity index is 2.61. The van der Waals surface area contributed by atoms with Crippen LogP contribution in [0.25, 0.3) is 0 Å². The molecule has 88 valence electrons. The number of anilines is 1. The number of methoxy groups -OCH3 is 1. The Morgan fingerprint density at radius 2 is 2.25 bits per heavy atom. The number of hydrogen-bond acceptors (Lipinski definition) is 3. The quantitative estimate of drug-likeness (QED) is 0.797. The van der Waals surface area contributed by atoms with E-state index in [1.807, 2.05) is 0 Å². The van der Waals surface area contributed by atoms with E-state index in [1.54, 1.807) is 13.1 Å². The summed E-state index contributed by atoms with van der Waals surface area (Å²) in [6, 6.07) is 4.30. The van der Waals surface area contributed by atoms with E-state index in [0.29, 0.717) is 18.7 Å². The van der Waals surface area contributed by atoms with Crippen molar-refractivity contribution in [3.8, 4) is 5.75 Å². The molecule has 0 unspecified atom stereocenters. The van der Waals surface area contributed by atoms with Gasteiger partial charge in [-0.25, -0.2) is 4.39 Å². The Kier molecular flexibility index (Phi) is 4.72. The Morgan fingerprint density at radius 1 is 1.50 bits per heavy atom. The fourth-order valence-corrected chi connectivity index (χ4v) is 1.21. The van der Waals surface area contributed by atoms with Gasteiger partial charge in [0.05, 0.1) is 7.11 Å². The van der Waals surface area contributed by atoms with Crippen molar-refractivity contribution in [2.45, 2.75) is 6.42 Å². The SMILES string of the molecule is CNCCC(=O)Nc1ccc(OC)c(F)c1. The molecule has 0 heterocycles. The first-order valence-corrected chi connectivity index (χ1v) is 4.95. The lowest BCUT2D eigenvalue weighted by molar-refractivity contribution is -0.116. The van der Waals surface area contributed by atoms with Crippen LogP contribution in [0.15, 0.2) is 18.2 Å². The lowest BCUT2D eigenvalue weighted by Crippen LogP contribution is -2.18. The normalized spacial score (nSPS) is 9.94. The number of nitrogens with one attached hydrogen (secondary N) is 2. The predicted molar refractivity (Wildman–Crippen MR) is 60.1 cm³/mol. The van der Waals surface area contributed by atoms with Gasteiger partial charge in [0.25, 0.3) is 0 Å². The van der Waals surface area contributed by atoms with Crippen molar-refractivity contribution in [2.24, 2.45) is 0 Å². The van der Waals surface area contributed by atoms with Crippen molar-refractivity contribution in [3.63, 3.8) is 0 Å². The van der Waals surface area contributed by atoms with Crippen molar-refractivity contribution in [1.29, 1.82) is 0 Å². The molecule has 0 fully saturated rings. The third-order valence-electron chi connectivity index (χ3n) is 2.04. The summed E-state index contributed by atoms with van der Waals surface area (Å²) in [4.78, 5) is 11.3. The summed E-state index contributed by atoms with van der Waals surface area (Å²) in [5, 5.41) is 5.45. The molecule has 2 N–H and O–H groups in total. The molecule has 0 bridgehead atoms. The zero-order valence-corrected chi connectivity index (χ0v) is 9.34. The minimum Gasteiger partial charge on any atom is -0.494 e. The molecule has 0 radical (unpaired) electrons. The number of carbonyl (C=O) groups excluding carboxylic acids is 1. The summed E-state index contributed by atoms with van der Waals surface area (Å²) in [7, 11) is 3.16. The summed E-state index contributed by atoms with van der Waals surface area (Å²) >= 11 is 0. The lowest BCUT2D eigenvalue weighted by Gasteiger charge is -2.07. The van der Waals surface area contributed by atoms with Gasteiger partial charge in [0.15, 0.2) is 11.6 Å². The third kappa shape index (κ3) is 3.51. The van der Waals surface area contributed by atoms with E-state index in [4.69, 9.17) is 4.74 Å². The van der Waals surface area contributed by atoms with Gasteiger partial charge >= 0.3 is 0 Å². The number of hydrogen-bond donors (Lipinski definition) is 2. The maximum Gasteiger partial charge on any atom is 0.225 e. The highest BCUT2D eigenvalue weighted by Crippen LogP contribution is 2.20. The first kappa shape index (κ1) is 12.4. The zero-order valence-electron chi connectivity index (χ0n) is 9.34. The second-order valence-corrected chi connectivity index (χ2v) is 3.25. The molecule has 1 amide bonds. The minimum absolute atomic E-state index is 0.154. The van der Waals surface area contributed by atoms with Crippen LogP contribution in [0.4, 0.5) is 10.1 Å². The van der Waals surface area contributed by atoms with Gasteiger partial charge in [-0.1, -0.05) is 0 Å². The molecule has 0 aliphatic carbocycles. The third-order valence-corrected chi connectivity index (χ3v) is 2.04. The molecule has 4 nitrogen and oxygen atoms in total. The molecule has 0 saturated carbocycles. The Labute approximate surface area is 93.8 Å². The number of ether oxygens (including phenoxy) is 1. The fraction of sp³-hybridized carbons (Fsp3) is 0.364. The van der Waals surface area contributed by atoms with Gasteiger partial charge in [-0.15, -0.1) is 0 Å². The molecule has 1 rings (SSSR count). The first-order chi connectivity index (χ1) is 7.67. The van der Waals surface area contributed by atoms with Crippen LogP contribution in [0.5, 0.6) is 5.75 Å². The standard InChI is InChI=1S/C11H15FN2O2/c1-13-6-5-11(15)14-8-3-4-10(16-2)9(12)7-8/h3-4,7,13H,5-6H2,1-2H3,(H,14,15). The lowest BCUT2D eigenvalue weighted by atomic mass is 10.2. The largest absolute Gasteiger partial charge is 0.494 e. The molecular formula is C11H15FN2O2. The average Bonchev–Trinajstić information content (AvgIpc) is 2.26. The molecule has 0 aliphatic rings. The number of halogens is 1. The maximum atomic E-state index is 13.3. The number of amides is 1. The van der Waals surface area contributed by atoms with E-state index in [-0.39, 0.29) is 11.7 Å². The fourth-order valence-electron chi connectivity index (χ4n) is 1.21. The van der Waals surface area contributed by atoms with E-state index < -0.39 is 5.82 Å². The molecular weight excluding hydrogens is 211 g/mol. The van der Waals surface area contributed by atoms with Gasteiger partial charge in [0.1, 0.15) is 0 Å². The van der Waals surface area contributed by atoms with E-state index >= 15 is 0 Å². The highest BCUT2D eigenvalue weighted by molar-refractivity contribution is 5.90. The number of benzene rings is 1. The molecule has 0 spiro atoms. The molecule has 16 heavy (non-hydrogen) atoms. The summed E-state index contributed by atoms with van der Waals surface area (Å²) in [6.45, 7) is 0.588. The first-order valence-electron chi connectivity index (χ1n) is 4.95. The van der Waals surface area contributed by atoms with Crippen LogP contribution in [0.3, 0.4) is 0 Å². The van der Waals surface area contributed by atoms with Crippen LogP contribution >= 0.6 is 0 Å². The summed E-state index contributed by atoms with van der Waals surface area (Å²) in [5.74, 6) is -0.485. The monoisotopic (exact) mass is 226 g/mol. The van der Waals surface area contributed by atoms with Gasteiger partial charge in [0.2, 0.25) is 5.91 Å². The summed E-state index contributed by atoms with van der Waals surface area (Å²) in [6.07, 6.45) is 0.351. The number of carbonyl (C=O) groups is 1. The van der Waals surface area contributed by atoms with Crippen LogP contribution in [0.2, 0.25) is 0 Å². The second-order valence-electron chi connectivity index (χ2n) is 3.25. The minimum atomic E-state index is -0.492. The van der Waals surface area contributed by atoms with Crippen molar-refractivity contribution in [3.05, 3.63) is 24.0 Å². The molecule has 0 aliphatic heterocycles. The molecule has 1 aromatic carbocycles. The van der Waals surface area contributed by atoms with Crippen LogP contribution in [0, 0.1) is 5.82 Å². The Hall–Kier alpha value is -1.62. The van der Waals surface area contributed by atoms with Crippen molar-refractivity contribution >= 4 is 11.6 Å². The summed E-state index contributed by atoms with van der Waals surface area (Å²) < 4.78 is 18.0. The zero-order chi connectivity index (χ0) is 12.0. The van der Waals surface area contributed by atoms with Gasteiger partial charge in [0, 0.05) is 24.7 Å². The van der Waals surface area contributed by atoms with Crippen LogP contribution in [0.1, 0.15) is 6.42 Å². The van der Waals surface area contributed by atoms with Crippen molar-refractivity contribution < 1.29 is 13.9 Å². The average molecular weight is 226 g/mol. The molecule has 1 aromatic rings. The van der Waals surface area contributed by atoms with Gasteiger partial charge < -0.3 is 15.4 Å². The van der Waals surface area contributed by atoms with Crippen molar-refractivity contribution in [1.82, 2.24) is 5.32 Å². The van der Waals surface area contributed by atoms with Crippen LogP contribution in [-0.4, -0.2) is 26.6 Å². The smallest absolute Gasteiger partial charge is 0.225 e. The topological polar surface area (TPSA) is 50.4 Å². The van der Waals surface area contributed by atoms with Gasteiger partial charge in [-0.05, 0) is 19.2 Å². The predicted octanol–water partition coefficient (Wildman–Crippen LogP) is 1.38. The van der Waals surface area contributed by atoms with Crippen LogP contribution < -0.4 is 15.4 Å². The second kappa shape index (κ2) is 6.07. The molecule has 0 aromatic heterocycles. The highest BCUT2D eigenvalue weighted by Gasteiger charge is 2.05. The Bertz CT molecular complexity index is 369. The highest BCUT2D eigenvalue weighted by atomic mass is 19.1. The van der Waals surface area contributed by atoms with Crippen LogP contribution in [-0.2, 0) is 4.79 Å². The van der Waals surface area contributed by atoms with E-state index in [0.717, 1.165) is 0 Å². The van der Waals surface area contributed by atoms with E-state index in [2.05, 4.69) is 10.6 Å². The molecule has 0 atom stereocenters. The van der Waals surface area contributed by atoms with Gasteiger partial charge in [-0.2, -0.15) is 0 Å². The summed E-state index contributed by atoms with van der Waals surface area (Å²) in [5.41, 5.74) is 0.430. The Morgan fingerprint density at radius 3 is 2.81 bits per heavy atom.